The fourth-order valence-corrected chi connectivity index (χ4v) is 1.40. The van der Waals surface area contributed by atoms with Gasteiger partial charge in [-0.15, -0.1) is 0 Å². The van der Waals surface area contributed by atoms with E-state index in [9.17, 15) is 15.0 Å². The quantitative estimate of drug-likeness (QED) is 0.373. The molecule has 0 aliphatic carbocycles. The minimum atomic E-state index is -0.694. The third kappa shape index (κ3) is 4.65. The van der Waals surface area contributed by atoms with E-state index in [2.05, 4.69) is 0 Å². The molecule has 0 aromatic heterocycles. The molecule has 0 heterocycles. The van der Waals surface area contributed by atoms with Gasteiger partial charge in [0.1, 0.15) is 11.6 Å². The molecular formula is C15H17NO4. The van der Waals surface area contributed by atoms with E-state index in [1.54, 1.807) is 6.07 Å². The van der Waals surface area contributed by atoms with E-state index in [-0.39, 0.29) is 23.7 Å². The molecule has 106 valence electrons. The Labute approximate surface area is 117 Å². The lowest BCUT2D eigenvalue weighted by atomic mass is 10.1. The van der Waals surface area contributed by atoms with Crippen molar-refractivity contribution >= 4 is 12.0 Å². The van der Waals surface area contributed by atoms with Crippen LogP contribution in [0.4, 0.5) is 0 Å². The molecule has 2 N–H and O–H groups in total. The first-order valence-electron chi connectivity index (χ1n) is 6.25. The number of nitrogens with zero attached hydrogens (tertiary/aromatic N) is 1. The first-order valence-corrected chi connectivity index (χ1v) is 6.25. The van der Waals surface area contributed by atoms with Crippen LogP contribution >= 0.6 is 0 Å². The topological polar surface area (TPSA) is 90.6 Å². The number of carbonyl (C=O) groups is 1. The number of rotatable bonds is 5. The highest BCUT2D eigenvalue weighted by atomic mass is 16.5. The average molecular weight is 275 g/mol. The van der Waals surface area contributed by atoms with Gasteiger partial charge in [0.15, 0.2) is 11.5 Å². The Balaban J connectivity index is 2.79. The minimum absolute atomic E-state index is 0.154. The number of esters is 1. The van der Waals surface area contributed by atoms with E-state index in [1.165, 1.54) is 24.3 Å². The lowest BCUT2D eigenvalue weighted by molar-refractivity contribution is -0.138. The highest BCUT2D eigenvalue weighted by Crippen LogP contribution is 2.25. The Hall–Kier alpha value is -2.48. The largest absolute Gasteiger partial charge is 0.504 e. The van der Waals surface area contributed by atoms with Crippen LogP contribution in [-0.2, 0) is 9.53 Å². The molecule has 0 radical (unpaired) electrons. The summed E-state index contributed by atoms with van der Waals surface area (Å²) in [4.78, 5) is 11.7. The van der Waals surface area contributed by atoms with E-state index in [0.717, 1.165) is 6.42 Å². The lowest BCUT2D eigenvalue weighted by Gasteiger charge is -2.06. The van der Waals surface area contributed by atoms with E-state index in [4.69, 9.17) is 10.00 Å². The van der Waals surface area contributed by atoms with Gasteiger partial charge in [-0.05, 0) is 36.1 Å². The summed E-state index contributed by atoms with van der Waals surface area (Å²) < 4.78 is 4.99. The zero-order valence-electron chi connectivity index (χ0n) is 11.5. The fraction of sp³-hybridized carbons (Fsp3) is 0.333. The average Bonchev–Trinajstić information content (AvgIpc) is 2.39. The van der Waals surface area contributed by atoms with Gasteiger partial charge in [-0.2, -0.15) is 5.26 Å². The normalized spacial score (nSPS) is 11.2. The number of aromatic hydroxyl groups is 2. The van der Waals surface area contributed by atoms with Gasteiger partial charge in [0.05, 0.1) is 6.61 Å². The van der Waals surface area contributed by atoms with E-state index >= 15 is 0 Å². The minimum Gasteiger partial charge on any atom is -0.504 e. The highest BCUT2D eigenvalue weighted by Gasteiger charge is 2.11. The van der Waals surface area contributed by atoms with Gasteiger partial charge < -0.3 is 14.9 Å². The van der Waals surface area contributed by atoms with E-state index in [0.29, 0.717) is 11.5 Å². The Kier molecular flexibility index (Phi) is 5.60. The predicted molar refractivity (Wildman–Crippen MR) is 73.8 cm³/mol. The molecule has 0 atom stereocenters. The first-order chi connectivity index (χ1) is 9.43. The zero-order valence-corrected chi connectivity index (χ0v) is 11.5. The van der Waals surface area contributed by atoms with Crippen LogP contribution in [0.25, 0.3) is 6.08 Å². The number of nitriles is 1. The van der Waals surface area contributed by atoms with Gasteiger partial charge in [-0.1, -0.05) is 19.9 Å². The Morgan fingerprint density at radius 2 is 2.10 bits per heavy atom. The Morgan fingerprint density at radius 1 is 1.40 bits per heavy atom. The summed E-state index contributed by atoms with van der Waals surface area (Å²) in [6, 6.07) is 5.78. The van der Waals surface area contributed by atoms with Gasteiger partial charge in [0.25, 0.3) is 0 Å². The lowest BCUT2D eigenvalue weighted by Crippen LogP contribution is -2.09. The number of hydrogen-bond donors (Lipinski definition) is 2. The molecule has 20 heavy (non-hydrogen) atoms. The Morgan fingerprint density at radius 3 is 2.65 bits per heavy atom. The summed E-state index contributed by atoms with van der Waals surface area (Å²) in [5, 5.41) is 27.5. The predicted octanol–water partition coefficient (Wildman–Crippen LogP) is 2.59. The van der Waals surface area contributed by atoms with Gasteiger partial charge in [-0.3, -0.25) is 0 Å². The third-order valence-electron chi connectivity index (χ3n) is 2.58. The molecule has 0 amide bonds. The van der Waals surface area contributed by atoms with Crippen molar-refractivity contribution in [2.45, 2.75) is 20.3 Å². The van der Waals surface area contributed by atoms with Crippen LogP contribution in [0.1, 0.15) is 25.8 Å². The maximum absolute atomic E-state index is 11.7. The van der Waals surface area contributed by atoms with E-state index < -0.39 is 5.97 Å². The number of phenols is 2. The van der Waals surface area contributed by atoms with Gasteiger partial charge in [-0.25, -0.2) is 4.79 Å². The number of ether oxygens (including phenoxy) is 1. The van der Waals surface area contributed by atoms with Crippen molar-refractivity contribution < 1.29 is 19.7 Å². The van der Waals surface area contributed by atoms with Crippen LogP contribution in [0.15, 0.2) is 23.8 Å². The van der Waals surface area contributed by atoms with Crippen LogP contribution in [0, 0.1) is 17.2 Å². The number of hydrogen-bond acceptors (Lipinski definition) is 5. The molecule has 1 aromatic carbocycles. The van der Waals surface area contributed by atoms with Gasteiger partial charge >= 0.3 is 5.97 Å². The summed E-state index contributed by atoms with van der Waals surface area (Å²) in [6.45, 7) is 4.28. The summed E-state index contributed by atoms with van der Waals surface area (Å²) in [5.74, 6) is -0.864. The molecule has 5 nitrogen and oxygen atoms in total. The maximum Gasteiger partial charge on any atom is 0.348 e. The van der Waals surface area contributed by atoms with Gasteiger partial charge in [0, 0.05) is 0 Å². The standard InChI is InChI=1S/C15H17NO4/c1-10(2)5-6-20-15(19)12(9-16)7-11-3-4-13(17)14(18)8-11/h3-4,7-8,10,17-18H,5-6H2,1-2H3/b12-7+. The molecule has 1 rings (SSSR count). The van der Waals surface area contributed by atoms with Crippen molar-refractivity contribution in [3.63, 3.8) is 0 Å². The fourth-order valence-electron chi connectivity index (χ4n) is 1.40. The van der Waals surface area contributed by atoms with Crippen molar-refractivity contribution in [1.82, 2.24) is 0 Å². The second-order valence-corrected chi connectivity index (χ2v) is 4.74. The smallest absolute Gasteiger partial charge is 0.348 e. The monoisotopic (exact) mass is 275 g/mol. The molecule has 0 saturated heterocycles. The van der Waals surface area contributed by atoms with Crippen molar-refractivity contribution in [1.29, 1.82) is 5.26 Å². The molecule has 0 aliphatic rings. The molecule has 1 aromatic rings. The second kappa shape index (κ2) is 7.19. The van der Waals surface area contributed by atoms with E-state index in [1.807, 2.05) is 13.8 Å². The molecule has 0 bridgehead atoms. The van der Waals surface area contributed by atoms with Crippen LogP contribution in [0.5, 0.6) is 11.5 Å². The van der Waals surface area contributed by atoms with Crippen molar-refractivity contribution in [2.75, 3.05) is 6.61 Å². The molecule has 0 unspecified atom stereocenters. The summed E-state index contributed by atoms with van der Waals surface area (Å²) in [6.07, 6.45) is 2.03. The molecule has 0 spiro atoms. The molecule has 5 heteroatoms. The van der Waals surface area contributed by atoms with Crippen LogP contribution in [0.3, 0.4) is 0 Å². The van der Waals surface area contributed by atoms with Crippen molar-refractivity contribution in [3.8, 4) is 17.6 Å². The molecular weight excluding hydrogens is 258 g/mol. The van der Waals surface area contributed by atoms with Gasteiger partial charge in [0.2, 0.25) is 0 Å². The molecule has 0 aliphatic heterocycles. The van der Waals surface area contributed by atoms with Crippen LogP contribution in [0.2, 0.25) is 0 Å². The summed E-state index contributed by atoms with van der Waals surface area (Å²) in [5.41, 5.74) is 0.275. The Bertz CT molecular complexity index is 555. The zero-order chi connectivity index (χ0) is 15.1. The second-order valence-electron chi connectivity index (χ2n) is 4.74. The maximum atomic E-state index is 11.7. The summed E-state index contributed by atoms with van der Waals surface area (Å²) >= 11 is 0. The molecule has 0 fully saturated rings. The first kappa shape index (κ1) is 15.6. The summed E-state index contributed by atoms with van der Waals surface area (Å²) in [7, 11) is 0. The SMILES string of the molecule is CC(C)CCOC(=O)/C(C#N)=C/c1ccc(O)c(O)c1. The number of carbonyl (C=O) groups excluding carboxylic acids is 1. The molecule has 0 saturated carbocycles. The number of phenolic OH excluding ortho intramolecular Hbond substituents is 2. The van der Waals surface area contributed by atoms with Crippen LogP contribution in [-0.4, -0.2) is 22.8 Å². The van der Waals surface area contributed by atoms with Crippen molar-refractivity contribution in [2.24, 2.45) is 5.92 Å². The van der Waals surface area contributed by atoms with Crippen LogP contribution < -0.4 is 0 Å². The highest BCUT2D eigenvalue weighted by molar-refractivity contribution is 5.97. The third-order valence-corrected chi connectivity index (χ3v) is 2.58. The number of benzene rings is 1. The van der Waals surface area contributed by atoms with Crippen molar-refractivity contribution in [3.05, 3.63) is 29.3 Å².